The van der Waals surface area contributed by atoms with Crippen LogP contribution in [0.25, 0.3) is 0 Å². The van der Waals surface area contributed by atoms with Crippen LogP contribution in [0.15, 0.2) is 18.3 Å². The van der Waals surface area contributed by atoms with Crippen molar-refractivity contribution in [1.82, 2.24) is 4.98 Å². The van der Waals surface area contributed by atoms with Crippen LogP contribution < -0.4 is 11.1 Å². The molecule has 2 rings (SSSR count). The van der Waals surface area contributed by atoms with Gasteiger partial charge >= 0.3 is 0 Å². The number of halogens is 1. The van der Waals surface area contributed by atoms with Gasteiger partial charge in [0, 0.05) is 6.61 Å². The normalized spacial score (nSPS) is 17.5. The molecule has 1 aromatic rings. The first-order valence-electron chi connectivity index (χ1n) is 6.45. The molecule has 1 atom stereocenters. The zero-order chi connectivity index (χ0) is 13.5. The second-order valence-corrected chi connectivity index (χ2v) is 4.48. The summed E-state index contributed by atoms with van der Waals surface area (Å²) in [5.74, 6) is 0.330. The highest BCUT2D eigenvalue weighted by Crippen LogP contribution is 2.12. The van der Waals surface area contributed by atoms with Gasteiger partial charge in [-0.1, -0.05) is 0 Å². The summed E-state index contributed by atoms with van der Waals surface area (Å²) < 4.78 is 10.8. The summed E-state index contributed by atoms with van der Waals surface area (Å²) in [5, 5.41) is 2.73. The first-order chi connectivity index (χ1) is 9.24. The van der Waals surface area contributed by atoms with Gasteiger partial charge in [0.15, 0.2) is 0 Å². The molecule has 0 spiro atoms. The standard InChI is InChI=1S/C13H19N3O3.ClH/c14-12-4-3-10(8-15-12)16-13(17)5-7-18-9-11-2-1-6-19-11;/h3-4,8,11H,1-2,5-7,9H2,(H2,14,15)(H,16,17);1H. The summed E-state index contributed by atoms with van der Waals surface area (Å²) in [6.07, 6.45) is 4.18. The molecule has 2 heterocycles. The van der Waals surface area contributed by atoms with Crippen LogP contribution in [0, 0.1) is 0 Å². The van der Waals surface area contributed by atoms with E-state index in [9.17, 15) is 4.79 Å². The number of carbonyl (C=O) groups excluding carboxylic acids is 1. The predicted octanol–water partition coefficient (Wildman–Crippen LogP) is 1.61. The summed E-state index contributed by atoms with van der Waals surface area (Å²) in [6, 6.07) is 3.36. The van der Waals surface area contributed by atoms with Crippen molar-refractivity contribution in [3.8, 4) is 0 Å². The minimum atomic E-state index is -0.0982. The smallest absolute Gasteiger partial charge is 0.226 e. The van der Waals surface area contributed by atoms with Crippen molar-refractivity contribution in [2.45, 2.75) is 25.4 Å². The van der Waals surface area contributed by atoms with Crippen LogP contribution in [0.5, 0.6) is 0 Å². The quantitative estimate of drug-likeness (QED) is 0.780. The first kappa shape index (κ1) is 16.7. The van der Waals surface area contributed by atoms with Crippen LogP contribution in [0.4, 0.5) is 11.5 Å². The highest BCUT2D eigenvalue weighted by molar-refractivity contribution is 5.90. The molecule has 20 heavy (non-hydrogen) atoms. The van der Waals surface area contributed by atoms with Crippen molar-refractivity contribution in [2.24, 2.45) is 0 Å². The third kappa shape index (κ3) is 5.73. The number of nitrogens with zero attached hydrogens (tertiary/aromatic N) is 1. The zero-order valence-electron chi connectivity index (χ0n) is 11.2. The van der Waals surface area contributed by atoms with Crippen LogP contribution in [0.3, 0.4) is 0 Å². The topological polar surface area (TPSA) is 86.5 Å². The van der Waals surface area contributed by atoms with Crippen LogP contribution in [-0.4, -0.2) is 36.8 Å². The van der Waals surface area contributed by atoms with Gasteiger partial charge < -0.3 is 20.5 Å². The summed E-state index contributed by atoms with van der Waals surface area (Å²) in [4.78, 5) is 15.5. The molecular weight excluding hydrogens is 282 g/mol. The molecule has 1 amide bonds. The van der Waals surface area contributed by atoms with Crippen LogP contribution >= 0.6 is 12.4 Å². The molecule has 0 radical (unpaired) electrons. The maximum absolute atomic E-state index is 11.6. The van der Waals surface area contributed by atoms with E-state index >= 15 is 0 Å². The van der Waals surface area contributed by atoms with E-state index in [-0.39, 0.29) is 24.4 Å². The maximum atomic E-state index is 11.6. The Bertz CT molecular complexity index is 408. The van der Waals surface area contributed by atoms with Crippen molar-refractivity contribution in [3.63, 3.8) is 0 Å². The van der Waals surface area contributed by atoms with Gasteiger partial charge in [-0.05, 0) is 25.0 Å². The molecule has 0 bridgehead atoms. The highest BCUT2D eigenvalue weighted by Gasteiger charge is 2.15. The number of nitrogens with two attached hydrogens (primary N) is 1. The molecule has 112 valence electrons. The van der Waals surface area contributed by atoms with Crippen LogP contribution in [0.2, 0.25) is 0 Å². The molecule has 1 saturated heterocycles. The number of carbonyl (C=O) groups is 1. The third-order valence-corrected chi connectivity index (χ3v) is 2.87. The Balaban J connectivity index is 0.00000200. The molecule has 1 fully saturated rings. The summed E-state index contributed by atoms with van der Waals surface area (Å²) in [5.41, 5.74) is 6.10. The molecule has 1 aromatic heterocycles. The number of ether oxygens (including phenoxy) is 2. The Morgan fingerprint density at radius 2 is 2.40 bits per heavy atom. The third-order valence-electron chi connectivity index (χ3n) is 2.87. The maximum Gasteiger partial charge on any atom is 0.226 e. The van der Waals surface area contributed by atoms with E-state index in [2.05, 4.69) is 10.3 Å². The van der Waals surface area contributed by atoms with Gasteiger partial charge in [-0.2, -0.15) is 0 Å². The number of hydrogen-bond acceptors (Lipinski definition) is 5. The summed E-state index contributed by atoms with van der Waals surface area (Å²) in [6.45, 7) is 1.78. The van der Waals surface area contributed by atoms with Gasteiger partial charge in [0.25, 0.3) is 0 Å². The van der Waals surface area contributed by atoms with Crippen LogP contribution in [-0.2, 0) is 14.3 Å². The SMILES string of the molecule is Cl.Nc1ccc(NC(=O)CCOCC2CCCO2)cn1. The Morgan fingerprint density at radius 3 is 3.05 bits per heavy atom. The molecule has 1 aliphatic heterocycles. The van der Waals surface area contributed by atoms with Gasteiger partial charge in [-0.15, -0.1) is 12.4 Å². The summed E-state index contributed by atoms with van der Waals surface area (Å²) in [7, 11) is 0. The van der Waals surface area contributed by atoms with Crippen LogP contribution in [0.1, 0.15) is 19.3 Å². The van der Waals surface area contributed by atoms with E-state index in [1.807, 2.05) is 0 Å². The van der Waals surface area contributed by atoms with E-state index in [1.165, 1.54) is 6.20 Å². The minimum Gasteiger partial charge on any atom is -0.384 e. The fourth-order valence-electron chi connectivity index (χ4n) is 1.86. The predicted molar refractivity (Wildman–Crippen MR) is 78.9 cm³/mol. The highest BCUT2D eigenvalue weighted by atomic mass is 35.5. The average molecular weight is 302 g/mol. The second-order valence-electron chi connectivity index (χ2n) is 4.48. The molecule has 3 N–H and O–H groups in total. The number of hydrogen-bond donors (Lipinski definition) is 2. The number of pyridine rings is 1. The largest absolute Gasteiger partial charge is 0.384 e. The first-order valence-corrected chi connectivity index (χ1v) is 6.45. The lowest BCUT2D eigenvalue weighted by atomic mass is 10.2. The number of amides is 1. The molecule has 1 unspecified atom stereocenters. The van der Waals surface area contributed by atoms with E-state index in [4.69, 9.17) is 15.2 Å². The molecule has 7 heteroatoms. The monoisotopic (exact) mass is 301 g/mol. The molecular formula is C13H20ClN3O3. The fraction of sp³-hybridized carbons (Fsp3) is 0.538. The van der Waals surface area contributed by atoms with Gasteiger partial charge in [-0.3, -0.25) is 4.79 Å². The minimum absolute atomic E-state index is 0. The second kappa shape index (κ2) is 8.73. The fourth-order valence-corrected chi connectivity index (χ4v) is 1.86. The van der Waals surface area contributed by atoms with E-state index in [1.54, 1.807) is 12.1 Å². The lowest BCUT2D eigenvalue weighted by Crippen LogP contribution is -2.18. The number of nitrogens with one attached hydrogen (secondary N) is 1. The lowest BCUT2D eigenvalue weighted by Gasteiger charge is -2.10. The number of aromatic nitrogens is 1. The molecule has 6 nitrogen and oxygen atoms in total. The van der Waals surface area contributed by atoms with Gasteiger partial charge in [0.1, 0.15) is 5.82 Å². The molecule has 0 saturated carbocycles. The summed E-state index contributed by atoms with van der Waals surface area (Å²) >= 11 is 0. The number of nitrogen functional groups attached to an aromatic ring is 1. The van der Waals surface area contributed by atoms with Crippen molar-refractivity contribution < 1.29 is 14.3 Å². The van der Waals surface area contributed by atoms with Crippen molar-refractivity contribution in [2.75, 3.05) is 30.9 Å². The Hall–Kier alpha value is -1.37. The number of anilines is 2. The van der Waals surface area contributed by atoms with Gasteiger partial charge in [0.2, 0.25) is 5.91 Å². The molecule has 0 aromatic carbocycles. The van der Waals surface area contributed by atoms with E-state index in [0.717, 1.165) is 19.4 Å². The molecule has 0 aliphatic carbocycles. The average Bonchev–Trinajstić information content (AvgIpc) is 2.91. The Morgan fingerprint density at radius 1 is 1.55 bits per heavy atom. The van der Waals surface area contributed by atoms with Crippen molar-refractivity contribution >= 4 is 29.8 Å². The van der Waals surface area contributed by atoms with E-state index in [0.29, 0.717) is 31.1 Å². The number of rotatable bonds is 6. The Kier molecular flexibility index (Phi) is 7.28. The van der Waals surface area contributed by atoms with Gasteiger partial charge in [0.05, 0.1) is 37.6 Å². The zero-order valence-corrected chi connectivity index (χ0v) is 12.0. The lowest BCUT2D eigenvalue weighted by molar-refractivity contribution is -0.117. The van der Waals surface area contributed by atoms with Crippen molar-refractivity contribution in [3.05, 3.63) is 18.3 Å². The molecule has 1 aliphatic rings. The Labute approximate surface area is 124 Å². The van der Waals surface area contributed by atoms with Crippen molar-refractivity contribution in [1.29, 1.82) is 0 Å². The van der Waals surface area contributed by atoms with Gasteiger partial charge in [-0.25, -0.2) is 4.98 Å². The van der Waals surface area contributed by atoms with E-state index < -0.39 is 0 Å².